The van der Waals surface area contributed by atoms with Gasteiger partial charge in [-0.3, -0.25) is 14.5 Å². The molecule has 1 aromatic carbocycles. The summed E-state index contributed by atoms with van der Waals surface area (Å²) in [5.41, 5.74) is 2.76. The van der Waals surface area contributed by atoms with Crippen LogP contribution in [0.15, 0.2) is 53.1 Å². The number of hydrogen-bond acceptors (Lipinski definition) is 6. The van der Waals surface area contributed by atoms with E-state index in [1.165, 1.54) is 0 Å². The number of benzene rings is 1. The normalized spacial score (nSPS) is 24.2. The lowest BCUT2D eigenvalue weighted by molar-refractivity contribution is -0.155. The smallest absolute Gasteiger partial charge is 0.307 e. The lowest BCUT2D eigenvalue weighted by atomic mass is 9.80. The molecule has 3 atom stereocenters. The van der Waals surface area contributed by atoms with Gasteiger partial charge in [0.25, 0.3) is 5.91 Å². The van der Waals surface area contributed by atoms with Crippen molar-refractivity contribution >= 4 is 11.9 Å². The van der Waals surface area contributed by atoms with E-state index in [4.69, 9.17) is 18.9 Å². The average molecular weight is 470 g/mol. The molecule has 34 heavy (non-hydrogen) atoms. The maximum absolute atomic E-state index is 13.7. The molecular weight excluding hydrogens is 438 g/mol. The fraction of sp³-hybridized carbons (Fsp3) is 0.462. The summed E-state index contributed by atoms with van der Waals surface area (Å²) in [6.07, 6.45) is 2.11. The number of rotatable bonds is 5. The summed E-state index contributed by atoms with van der Waals surface area (Å²) < 4.78 is 23.3. The van der Waals surface area contributed by atoms with Crippen molar-refractivity contribution < 1.29 is 33.6 Å². The number of methoxy groups -OCH3 is 2. The molecule has 0 saturated carbocycles. The van der Waals surface area contributed by atoms with E-state index in [-0.39, 0.29) is 24.0 Å². The van der Waals surface area contributed by atoms with Gasteiger partial charge in [-0.2, -0.15) is 0 Å². The average Bonchev–Trinajstić information content (AvgIpc) is 2.99. The van der Waals surface area contributed by atoms with E-state index >= 15 is 0 Å². The second-order valence-corrected chi connectivity index (χ2v) is 9.78. The maximum atomic E-state index is 13.7. The van der Waals surface area contributed by atoms with Gasteiger partial charge in [0.05, 0.1) is 44.6 Å². The highest BCUT2D eigenvalue weighted by atomic mass is 16.5. The summed E-state index contributed by atoms with van der Waals surface area (Å²) in [7, 11) is 3.15. The predicted octanol–water partition coefficient (Wildman–Crippen LogP) is 3.99. The molecule has 2 heterocycles. The van der Waals surface area contributed by atoms with Crippen LogP contribution in [0.4, 0.5) is 0 Å². The molecule has 3 aliphatic rings. The fourth-order valence-electron chi connectivity index (χ4n) is 4.80. The van der Waals surface area contributed by atoms with E-state index in [2.05, 4.69) is 0 Å². The number of aliphatic carboxylic acids is 1. The number of hydrogen-bond donors (Lipinski definition) is 1. The number of carbonyl (C=O) groups is 2. The molecule has 1 amide bonds. The molecule has 0 radical (unpaired) electrons. The molecule has 0 spiro atoms. The van der Waals surface area contributed by atoms with Crippen LogP contribution >= 0.6 is 0 Å². The van der Waals surface area contributed by atoms with Crippen LogP contribution in [0.5, 0.6) is 11.5 Å². The molecule has 182 valence electrons. The molecular formula is C26H31NO7. The minimum Gasteiger partial charge on any atom is -0.498 e. The highest BCUT2D eigenvalue weighted by Gasteiger charge is 2.49. The van der Waals surface area contributed by atoms with Gasteiger partial charge >= 0.3 is 5.97 Å². The van der Waals surface area contributed by atoms with Crippen LogP contribution < -0.4 is 9.47 Å². The first-order valence-corrected chi connectivity index (χ1v) is 11.3. The zero-order valence-corrected chi connectivity index (χ0v) is 20.4. The second kappa shape index (κ2) is 8.74. The zero-order chi connectivity index (χ0) is 24.8. The Morgan fingerprint density at radius 2 is 1.97 bits per heavy atom. The molecule has 0 saturated heterocycles. The summed E-state index contributed by atoms with van der Waals surface area (Å²) in [5.74, 6) is -0.255. The Balaban J connectivity index is 1.97. The van der Waals surface area contributed by atoms with Crippen molar-refractivity contribution in [2.24, 2.45) is 5.41 Å². The zero-order valence-electron chi connectivity index (χ0n) is 20.4. The Kier molecular flexibility index (Phi) is 6.10. The van der Waals surface area contributed by atoms with Gasteiger partial charge in [0.2, 0.25) is 0 Å². The molecule has 0 bridgehead atoms. The topological polar surface area (TPSA) is 94.5 Å². The predicted molar refractivity (Wildman–Crippen MR) is 124 cm³/mol. The van der Waals surface area contributed by atoms with Crippen molar-refractivity contribution in [3.05, 3.63) is 58.7 Å². The molecule has 8 nitrogen and oxygen atoms in total. The molecule has 1 aromatic rings. The van der Waals surface area contributed by atoms with Gasteiger partial charge in [-0.25, -0.2) is 0 Å². The van der Waals surface area contributed by atoms with Crippen LogP contribution in [0.25, 0.3) is 0 Å². The molecule has 8 heteroatoms. The highest BCUT2D eigenvalue weighted by molar-refractivity contribution is 5.89. The van der Waals surface area contributed by atoms with Gasteiger partial charge < -0.3 is 24.1 Å². The summed E-state index contributed by atoms with van der Waals surface area (Å²) in [6, 6.07) is 5.27. The van der Waals surface area contributed by atoms with Crippen molar-refractivity contribution in [3.63, 3.8) is 0 Å². The molecule has 1 aliphatic carbocycles. The van der Waals surface area contributed by atoms with Gasteiger partial charge in [-0.1, -0.05) is 39.0 Å². The van der Waals surface area contributed by atoms with Crippen LogP contribution in [0.2, 0.25) is 0 Å². The van der Waals surface area contributed by atoms with Crippen LogP contribution in [0.3, 0.4) is 0 Å². The fourth-order valence-corrected chi connectivity index (χ4v) is 4.80. The number of carbonyl (C=O) groups excluding carboxylic acids is 1. The number of nitrogens with zero attached hydrogens (tertiary/aromatic N) is 1. The standard InChI is InChI=1S/C26H31NO7/c1-14-10-16(15-8-7-9-18(31-5)23(15)32-6)24-22-17(14)12-33-13-20(26(2,3)4)27(22)25(30)19(34-24)11-21(28)29/h7-10,12,16,19-20H,11,13H2,1-6H3,(H,28,29)/t16-,19+,20-/m1/s1. The SMILES string of the molecule is COc1cccc([C@H]2C=C(C)C3=COC[C@H](C(C)(C)C)N4C(=O)[C@H](CC(=O)O)OC2=C34)c1OC. The van der Waals surface area contributed by atoms with Crippen molar-refractivity contribution in [2.75, 3.05) is 20.8 Å². The number of ether oxygens (including phenoxy) is 4. The summed E-state index contributed by atoms with van der Waals surface area (Å²) >= 11 is 0. The minimum absolute atomic E-state index is 0.287. The van der Waals surface area contributed by atoms with Crippen LogP contribution in [-0.2, 0) is 19.1 Å². The first-order valence-electron chi connectivity index (χ1n) is 11.3. The Bertz CT molecular complexity index is 1110. The number of para-hydroxylation sites is 1. The van der Waals surface area contributed by atoms with Crippen LogP contribution in [0, 0.1) is 5.41 Å². The summed E-state index contributed by atoms with van der Waals surface area (Å²) in [5, 5.41) is 9.51. The van der Waals surface area contributed by atoms with E-state index in [9.17, 15) is 14.7 Å². The van der Waals surface area contributed by atoms with Gasteiger partial charge in [0.15, 0.2) is 17.6 Å². The monoisotopic (exact) mass is 469 g/mol. The van der Waals surface area contributed by atoms with E-state index in [1.54, 1.807) is 25.4 Å². The number of allylic oxidation sites excluding steroid dienone is 2. The van der Waals surface area contributed by atoms with E-state index in [0.717, 1.165) is 16.7 Å². The molecule has 0 fully saturated rings. The first-order chi connectivity index (χ1) is 16.1. The Hall–Kier alpha value is -3.42. The van der Waals surface area contributed by atoms with Gasteiger partial charge in [-0.05, 0) is 24.0 Å². The Morgan fingerprint density at radius 1 is 1.24 bits per heavy atom. The Morgan fingerprint density at radius 3 is 2.59 bits per heavy atom. The quantitative estimate of drug-likeness (QED) is 0.697. The van der Waals surface area contributed by atoms with E-state index in [0.29, 0.717) is 23.0 Å². The van der Waals surface area contributed by atoms with Crippen molar-refractivity contribution in [1.29, 1.82) is 0 Å². The third kappa shape index (κ3) is 3.91. The number of amides is 1. The maximum Gasteiger partial charge on any atom is 0.307 e. The van der Waals surface area contributed by atoms with E-state index in [1.807, 2.05) is 52.0 Å². The molecule has 4 rings (SSSR count). The third-order valence-electron chi connectivity index (χ3n) is 6.53. The van der Waals surface area contributed by atoms with Crippen LogP contribution in [-0.4, -0.2) is 54.9 Å². The van der Waals surface area contributed by atoms with Crippen LogP contribution in [0.1, 0.15) is 45.6 Å². The lowest BCUT2D eigenvalue weighted by Crippen LogP contribution is -2.55. The summed E-state index contributed by atoms with van der Waals surface area (Å²) in [6.45, 7) is 8.36. The van der Waals surface area contributed by atoms with Gasteiger partial charge in [0.1, 0.15) is 12.4 Å². The highest BCUT2D eigenvalue weighted by Crippen LogP contribution is 2.50. The van der Waals surface area contributed by atoms with Crippen molar-refractivity contribution in [3.8, 4) is 11.5 Å². The number of carboxylic acid groups (broad SMARTS) is 1. The summed E-state index contributed by atoms with van der Waals surface area (Å²) in [4.78, 5) is 27.0. The van der Waals surface area contributed by atoms with E-state index < -0.39 is 24.4 Å². The van der Waals surface area contributed by atoms with Crippen molar-refractivity contribution in [2.45, 2.75) is 52.2 Å². The van der Waals surface area contributed by atoms with Crippen molar-refractivity contribution in [1.82, 2.24) is 4.90 Å². The third-order valence-corrected chi connectivity index (χ3v) is 6.53. The Labute approximate surface area is 199 Å². The largest absolute Gasteiger partial charge is 0.498 e. The molecule has 1 N–H and O–H groups in total. The van der Waals surface area contributed by atoms with Gasteiger partial charge in [-0.15, -0.1) is 0 Å². The minimum atomic E-state index is -1.15. The molecule has 0 aromatic heterocycles. The first kappa shape index (κ1) is 23.7. The molecule has 0 unspecified atom stereocenters. The second-order valence-electron chi connectivity index (χ2n) is 9.78. The van der Waals surface area contributed by atoms with Gasteiger partial charge in [0, 0.05) is 11.1 Å². The lowest BCUT2D eigenvalue weighted by Gasteiger charge is -2.46. The molecule has 2 aliphatic heterocycles. The number of carboxylic acids is 1.